The molecule has 1 aromatic heterocycles. The molecule has 0 unspecified atom stereocenters. The first-order valence-electron chi connectivity index (χ1n) is 6.13. The first kappa shape index (κ1) is 14.4. The van der Waals surface area contributed by atoms with Crippen molar-refractivity contribution in [2.75, 3.05) is 25.6 Å². The third kappa shape index (κ3) is 5.14. The molecule has 0 aliphatic heterocycles. The summed E-state index contributed by atoms with van der Waals surface area (Å²) in [5.74, 6) is -0.151. The first-order chi connectivity index (χ1) is 8.63. The molecule has 1 heterocycles. The van der Waals surface area contributed by atoms with Gasteiger partial charge >= 0.3 is 0 Å². The maximum atomic E-state index is 11.7. The van der Waals surface area contributed by atoms with Crippen LogP contribution in [-0.2, 0) is 4.74 Å². The van der Waals surface area contributed by atoms with Crippen molar-refractivity contribution in [1.29, 1.82) is 0 Å². The minimum Gasteiger partial charge on any atom is -0.385 e. The van der Waals surface area contributed by atoms with Crippen molar-refractivity contribution in [1.82, 2.24) is 10.3 Å². The van der Waals surface area contributed by atoms with Crippen LogP contribution in [0.4, 0.5) is 5.69 Å². The topological polar surface area (TPSA) is 63.2 Å². The predicted octanol–water partition coefficient (Wildman–Crippen LogP) is 1.67. The number of nitrogens with zero attached hydrogens (tertiary/aromatic N) is 1. The fourth-order valence-electron chi connectivity index (χ4n) is 1.46. The van der Waals surface area contributed by atoms with Gasteiger partial charge in [-0.25, -0.2) is 4.98 Å². The summed E-state index contributed by atoms with van der Waals surface area (Å²) >= 11 is 0. The lowest BCUT2D eigenvalue weighted by atomic mass is 10.3. The lowest BCUT2D eigenvalue weighted by Gasteiger charge is -2.09. The Morgan fingerprint density at radius 1 is 1.44 bits per heavy atom. The number of methoxy groups -OCH3 is 1. The molecule has 0 aliphatic carbocycles. The number of hydrogen-bond acceptors (Lipinski definition) is 4. The molecule has 0 atom stereocenters. The summed E-state index contributed by atoms with van der Waals surface area (Å²) in [7, 11) is 1.64. The third-order valence-corrected chi connectivity index (χ3v) is 2.26. The van der Waals surface area contributed by atoms with Gasteiger partial charge in [0.25, 0.3) is 5.91 Å². The molecule has 1 rings (SSSR count). The smallest absolute Gasteiger partial charge is 0.269 e. The van der Waals surface area contributed by atoms with Crippen LogP contribution in [0.15, 0.2) is 18.3 Å². The van der Waals surface area contributed by atoms with Crippen LogP contribution < -0.4 is 10.6 Å². The van der Waals surface area contributed by atoms with Gasteiger partial charge in [-0.15, -0.1) is 0 Å². The number of nitrogens with one attached hydrogen (secondary N) is 2. The highest BCUT2D eigenvalue weighted by Gasteiger charge is 2.06. The Hall–Kier alpha value is -1.62. The summed E-state index contributed by atoms with van der Waals surface area (Å²) in [5, 5.41) is 6.01. The fraction of sp³-hybridized carbons (Fsp3) is 0.538. The van der Waals surface area contributed by atoms with E-state index in [1.54, 1.807) is 19.4 Å². The summed E-state index contributed by atoms with van der Waals surface area (Å²) in [6, 6.07) is 3.92. The maximum absolute atomic E-state index is 11.7. The van der Waals surface area contributed by atoms with Gasteiger partial charge in [-0.05, 0) is 32.4 Å². The van der Waals surface area contributed by atoms with Crippen LogP contribution >= 0.6 is 0 Å². The van der Waals surface area contributed by atoms with E-state index in [9.17, 15) is 4.79 Å². The number of anilines is 1. The zero-order valence-electron chi connectivity index (χ0n) is 11.2. The van der Waals surface area contributed by atoms with Crippen molar-refractivity contribution in [3.8, 4) is 0 Å². The highest BCUT2D eigenvalue weighted by Crippen LogP contribution is 2.07. The Morgan fingerprint density at radius 2 is 2.22 bits per heavy atom. The van der Waals surface area contributed by atoms with Crippen LogP contribution in [-0.4, -0.2) is 37.2 Å². The lowest BCUT2D eigenvalue weighted by molar-refractivity contribution is 0.0943. The molecule has 0 fully saturated rings. The van der Waals surface area contributed by atoms with E-state index in [-0.39, 0.29) is 5.91 Å². The van der Waals surface area contributed by atoms with Gasteiger partial charge in [0, 0.05) is 26.3 Å². The van der Waals surface area contributed by atoms with Gasteiger partial charge in [0.1, 0.15) is 5.69 Å². The summed E-state index contributed by atoms with van der Waals surface area (Å²) in [4.78, 5) is 15.8. The molecule has 1 amide bonds. The number of pyridine rings is 1. The second-order valence-corrected chi connectivity index (χ2v) is 4.33. The number of ether oxygens (including phenoxy) is 1. The molecule has 1 aromatic rings. The molecule has 0 saturated carbocycles. The van der Waals surface area contributed by atoms with Gasteiger partial charge < -0.3 is 15.4 Å². The van der Waals surface area contributed by atoms with Crippen molar-refractivity contribution in [2.24, 2.45) is 0 Å². The molecule has 0 aliphatic rings. The largest absolute Gasteiger partial charge is 0.385 e. The number of carbonyl (C=O) groups excluding carboxylic acids is 1. The second kappa shape index (κ2) is 7.66. The number of rotatable bonds is 7. The standard InChI is InChI=1S/C13H21N3O2/c1-10(2)16-11-5-6-12(15-9-11)13(17)14-7-4-8-18-3/h5-6,9-10,16H,4,7-8H2,1-3H3,(H,14,17). The molecule has 2 N–H and O–H groups in total. The van der Waals surface area contributed by atoms with E-state index in [1.165, 1.54) is 0 Å². The fourth-order valence-corrected chi connectivity index (χ4v) is 1.46. The van der Waals surface area contributed by atoms with Gasteiger partial charge in [0.2, 0.25) is 0 Å². The van der Waals surface area contributed by atoms with Crippen LogP contribution in [0.25, 0.3) is 0 Å². The van der Waals surface area contributed by atoms with Gasteiger partial charge in [0.05, 0.1) is 11.9 Å². The predicted molar refractivity (Wildman–Crippen MR) is 71.8 cm³/mol. The van der Waals surface area contributed by atoms with Crippen molar-refractivity contribution in [3.63, 3.8) is 0 Å². The highest BCUT2D eigenvalue weighted by molar-refractivity contribution is 5.92. The van der Waals surface area contributed by atoms with E-state index in [0.29, 0.717) is 24.9 Å². The third-order valence-electron chi connectivity index (χ3n) is 2.26. The van der Waals surface area contributed by atoms with E-state index >= 15 is 0 Å². The molecule has 0 saturated heterocycles. The Labute approximate surface area is 108 Å². The summed E-state index contributed by atoms with van der Waals surface area (Å²) in [6.45, 7) is 5.35. The van der Waals surface area contributed by atoms with Crippen molar-refractivity contribution in [3.05, 3.63) is 24.0 Å². The average Bonchev–Trinajstić information content (AvgIpc) is 2.34. The van der Waals surface area contributed by atoms with E-state index < -0.39 is 0 Å². The molecular formula is C13H21N3O2. The quantitative estimate of drug-likeness (QED) is 0.724. The van der Waals surface area contributed by atoms with Crippen molar-refractivity contribution >= 4 is 11.6 Å². The maximum Gasteiger partial charge on any atom is 0.269 e. The molecule has 0 aromatic carbocycles. The average molecular weight is 251 g/mol. The first-order valence-corrected chi connectivity index (χ1v) is 6.13. The lowest BCUT2D eigenvalue weighted by Crippen LogP contribution is -2.26. The van der Waals surface area contributed by atoms with E-state index in [2.05, 4.69) is 29.5 Å². The van der Waals surface area contributed by atoms with Gasteiger partial charge in [0.15, 0.2) is 0 Å². The monoisotopic (exact) mass is 251 g/mol. The molecule has 18 heavy (non-hydrogen) atoms. The number of hydrogen-bond donors (Lipinski definition) is 2. The number of amides is 1. The molecule has 5 nitrogen and oxygen atoms in total. The van der Waals surface area contributed by atoms with Gasteiger partial charge in [-0.2, -0.15) is 0 Å². The minimum absolute atomic E-state index is 0.151. The summed E-state index contributed by atoms with van der Waals surface area (Å²) in [5.41, 5.74) is 1.35. The Bertz CT molecular complexity index is 363. The van der Waals surface area contributed by atoms with Crippen LogP contribution in [0.3, 0.4) is 0 Å². The number of carbonyl (C=O) groups is 1. The summed E-state index contributed by atoms with van der Waals surface area (Å²) in [6.07, 6.45) is 2.47. The Morgan fingerprint density at radius 3 is 2.78 bits per heavy atom. The van der Waals surface area contributed by atoms with Crippen LogP contribution in [0.5, 0.6) is 0 Å². The Kier molecular flexibility index (Phi) is 6.14. The van der Waals surface area contributed by atoms with Crippen molar-refractivity contribution in [2.45, 2.75) is 26.3 Å². The Balaban J connectivity index is 2.43. The van der Waals surface area contributed by atoms with E-state index in [4.69, 9.17) is 4.74 Å². The van der Waals surface area contributed by atoms with Gasteiger partial charge in [-0.1, -0.05) is 0 Å². The zero-order chi connectivity index (χ0) is 13.4. The van der Waals surface area contributed by atoms with E-state index in [0.717, 1.165) is 12.1 Å². The molecule has 5 heteroatoms. The molecule has 0 spiro atoms. The molecule has 100 valence electrons. The van der Waals surface area contributed by atoms with Crippen molar-refractivity contribution < 1.29 is 9.53 Å². The minimum atomic E-state index is -0.151. The zero-order valence-corrected chi connectivity index (χ0v) is 11.2. The van der Waals surface area contributed by atoms with Crippen LogP contribution in [0.1, 0.15) is 30.8 Å². The molecular weight excluding hydrogens is 230 g/mol. The van der Waals surface area contributed by atoms with Crippen LogP contribution in [0, 0.1) is 0 Å². The van der Waals surface area contributed by atoms with E-state index in [1.807, 2.05) is 6.07 Å². The van der Waals surface area contributed by atoms with Crippen LogP contribution in [0.2, 0.25) is 0 Å². The normalized spacial score (nSPS) is 10.4. The summed E-state index contributed by atoms with van der Waals surface area (Å²) < 4.78 is 4.91. The molecule has 0 radical (unpaired) electrons. The SMILES string of the molecule is COCCCNC(=O)c1ccc(NC(C)C)cn1. The second-order valence-electron chi connectivity index (χ2n) is 4.33. The number of aromatic nitrogens is 1. The van der Waals surface area contributed by atoms with Gasteiger partial charge in [-0.3, -0.25) is 4.79 Å². The molecule has 0 bridgehead atoms. The highest BCUT2D eigenvalue weighted by atomic mass is 16.5.